The van der Waals surface area contributed by atoms with Crippen LogP contribution in [0, 0.1) is 5.41 Å². The largest absolute Gasteiger partial charge is 0.297 e. The highest BCUT2D eigenvalue weighted by atomic mass is 32.2. The maximum absolute atomic E-state index is 12.6. The number of likely N-dealkylation sites (tertiary alicyclic amines) is 1. The number of piperidine rings is 1. The van der Waals surface area contributed by atoms with Crippen molar-refractivity contribution in [3.63, 3.8) is 0 Å². The van der Waals surface area contributed by atoms with Gasteiger partial charge in [-0.2, -0.15) is 0 Å². The molecule has 1 saturated carbocycles. The number of hydrogen-bond donors (Lipinski definition) is 0. The minimum atomic E-state index is -3.37. The van der Waals surface area contributed by atoms with E-state index < -0.39 is 10.0 Å². The zero-order chi connectivity index (χ0) is 14.7. The van der Waals surface area contributed by atoms with Crippen molar-refractivity contribution in [2.24, 2.45) is 5.41 Å². The summed E-state index contributed by atoms with van der Waals surface area (Å²) >= 11 is 0. The molecule has 2 fully saturated rings. The molecule has 4 rings (SSSR count). The Morgan fingerprint density at radius 3 is 3.05 bits per heavy atom. The van der Waals surface area contributed by atoms with Crippen LogP contribution in [0.15, 0.2) is 6.33 Å². The Kier molecular flexibility index (Phi) is 2.95. The van der Waals surface area contributed by atoms with E-state index in [2.05, 4.69) is 21.9 Å². The number of fused-ring (bicyclic) bond motifs is 3. The van der Waals surface area contributed by atoms with E-state index in [0.717, 1.165) is 36.3 Å². The van der Waals surface area contributed by atoms with E-state index >= 15 is 0 Å². The van der Waals surface area contributed by atoms with Crippen LogP contribution >= 0.6 is 0 Å². The topological polar surface area (TPSA) is 68.1 Å². The van der Waals surface area contributed by atoms with E-state index in [4.69, 9.17) is 0 Å². The second-order valence-electron chi connectivity index (χ2n) is 6.81. The van der Waals surface area contributed by atoms with Crippen molar-refractivity contribution < 1.29 is 8.42 Å². The molecular formula is C14H22N4O2S. The molecule has 1 aliphatic carbocycles. The van der Waals surface area contributed by atoms with Crippen LogP contribution in [0.1, 0.15) is 44.9 Å². The quantitative estimate of drug-likeness (QED) is 0.775. The lowest BCUT2D eigenvalue weighted by atomic mass is 9.97. The molecule has 4 bridgehead atoms. The Labute approximate surface area is 125 Å². The van der Waals surface area contributed by atoms with Gasteiger partial charge in [0.25, 0.3) is 10.0 Å². The third-order valence-electron chi connectivity index (χ3n) is 5.49. The lowest BCUT2D eigenvalue weighted by Gasteiger charge is -2.26. The molecule has 1 spiro atoms. The predicted octanol–water partition coefficient (Wildman–Crippen LogP) is 1.04. The molecule has 0 N–H and O–H groups in total. The van der Waals surface area contributed by atoms with Gasteiger partial charge in [0, 0.05) is 23.9 Å². The van der Waals surface area contributed by atoms with E-state index in [9.17, 15) is 8.42 Å². The molecule has 3 heterocycles. The summed E-state index contributed by atoms with van der Waals surface area (Å²) in [6, 6.07) is 1.03. The number of hydrogen-bond acceptors (Lipinski definition) is 5. The molecule has 1 aromatic heterocycles. The highest BCUT2D eigenvalue weighted by Crippen LogP contribution is 2.60. The second-order valence-corrected chi connectivity index (χ2v) is 8.63. The molecule has 3 atom stereocenters. The Balaban J connectivity index is 1.69. The molecule has 2 aliphatic heterocycles. The molecule has 0 aromatic carbocycles. The van der Waals surface area contributed by atoms with Gasteiger partial charge in [0.15, 0.2) is 5.82 Å². The Morgan fingerprint density at radius 2 is 2.24 bits per heavy atom. The van der Waals surface area contributed by atoms with Gasteiger partial charge in [0.1, 0.15) is 6.33 Å². The molecule has 1 saturated heterocycles. The van der Waals surface area contributed by atoms with Crippen molar-refractivity contribution in [1.82, 2.24) is 19.1 Å². The number of aromatic nitrogens is 3. The fraction of sp³-hybridized carbons (Fsp3) is 0.857. The first-order valence-corrected chi connectivity index (χ1v) is 9.54. The van der Waals surface area contributed by atoms with Crippen molar-refractivity contribution in [2.75, 3.05) is 12.3 Å². The normalized spacial score (nSPS) is 38.3. The van der Waals surface area contributed by atoms with E-state index in [0.29, 0.717) is 17.9 Å². The van der Waals surface area contributed by atoms with Gasteiger partial charge in [-0.1, -0.05) is 13.3 Å². The van der Waals surface area contributed by atoms with Crippen molar-refractivity contribution >= 4 is 10.0 Å². The highest BCUT2D eigenvalue weighted by Gasteiger charge is 2.65. The number of rotatable bonds is 1. The summed E-state index contributed by atoms with van der Waals surface area (Å²) < 4.78 is 26.3. The van der Waals surface area contributed by atoms with E-state index in [1.807, 2.05) is 0 Å². The maximum Gasteiger partial charge on any atom is 0.255 e. The van der Waals surface area contributed by atoms with Gasteiger partial charge in [0.2, 0.25) is 0 Å². The average Bonchev–Trinajstić information content (AvgIpc) is 2.84. The SMILES string of the molecule is CCN1[C@@H]2CCCCc3ncn(n3)S(=O)(=O)C[C@]3(C2)C[C@@H]13. The minimum absolute atomic E-state index is 0.0230. The standard InChI is InChI=1S/C14H22N4O2S/c1-2-17-11-5-3-4-6-13-15-10-18(16-13)21(19,20)9-14(7-11)8-12(14)17/h10-12H,2-9H2,1H3/t11-,12-,14+/m1/s1. The van der Waals surface area contributed by atoms with Crippen LogP contribution in [0.4, 0.5) is 0 Å². The summed E-state index contributed by atoms with van der Waals surface area (Å²) in [5.74, 6) is 0.879. The Hall–Kier alpha value is -0.950. The molecule has 0 amide bonds. The summed E-state index contributed by atoms with van der Waals surface area (Å²) in [5, 5.41) is 4.17. The van der Waals surface area contributed by atoms with Crippen LogP contribution in [0.2, 0.25) is 0 Å². The van der Waals surface area contributed by atoms with Crippen LogP contribution in [-0.2, 0) is 16.4 Å². The van der Waals surface area contributed by atoms with Crippen molar-refractivity contribution in [3.05, 3.63) is 12.2 Å². The molecular weight excluding hydrogens is 288 g/mol. The van der Waals surface area contributed by atoms with Gasteiger partial charge in [-0.3, -0.25) is 4.90 Å². The average molecular weight is 310 g/mol. The van der Waals surface area contributed by atoms with E-state index in [1.54, 1.807) is 0 Å². The zero-order valence-corrected chi connectivity index (χ0v) is 13.2. The van der Waals surface area contributed by atoms with Gasteiger partial charge in [-0.25, -0.2) is 13.4 Å². The summed E-state index contributed by atoms with van der Waals surface area (Å²) in [4.78, 5) is 6.69. The fourth-order valence-corrected chi connectivity index (χ4v) is 6.13. The maximum atomic E-state index is 12.6. The third kappa shape index (κ3) is 2.12. The van der Waals surface area contributed by atoms with Crippen molar-refractivity contribution in [3.8, 4) is 0 Å². The lowest BCUT2D eigenvalue weighted by molar-refractivity contribution is 0.215. The van der Waals surface area contributed by atoms with Gasteiger partial charge in [0.05, 0.1) is 5.75 Å². The van der Waals surface area contributed by atoms with Crippen molar-refractivity contribution in [1.29, 1.82) is 0 Å². The molecule has 6 nitrogen and oxygen atoms in total. The summed E-state index contributed by atoms with van der Waals surface area (Å²) in [5.41, 5.74) is -0.0230. The number of nitrogens with zero attached hydrogens (tertiary/aromatic N) is 4. The van der Waals surface area contributed by atoms with Crippen LogP contribution in [0.3, 0.4) is 0 Å². The van der Waals surface area contributed by atoms with Crippen molar-refractivity contribution in [2.45, 2.75) is 57.5 Å². The van der Waals surface area contributed by atoms with Gasteiger partial charge < -0.3 is 0 Å². The Bertz CT molecular complexity index is 656. The number of aryl methyl sites for hydroxylation is 1. The van der Waals surface area contributed by atoms with Crippen LogP contribution in [0.5, 0.6) is 0 Å². The molecule has 0 unspecified atom stereocenters. The molecule has 21 heavy (non-hydrogen) atoms. The van der Waals surface area contributed by atoms with E-state index in [-0.39, 0.29) is 11.2 Å². The molecule has 0 radical (unpaired) electrons. The first-order chi connectivity index (χ1) is 10.0. The first kappa shape index (κ1) is 13.7. The third-order valence-corrected chi connectivity index (χ3v) is 7.17. The van der Waals surface area contributed by atoms with Crippen LogP contribution in [-0.4, -0.2) is 51.9 Å². The molecule has 1 aromatic rings. The lowest BCUT2D eigenvalue weighted by Crippen LogP contribution is -2.32. The first-order valence-electron chi connectivity index (χ1n) is 7.94. The smallest absolute Gasteiger partial charge is 0.255 e. The monoisotopic (exact) mass is 310 g/mol. The zero-order valence-electron chi connectivity index (χ0n) is 12.4. The van der Waals surface area contributed by atoms with Gasteiger partial charge >= 0.3 is 0 Å². The van der Waals surface area contributed by atoms with Crippen LogP contribution in [0.25, 0.3) is 0 Å². The summed E-state index contributed by atoms with van der Waals surface area (Å²) in [7, 11) is -3.37. The van der Waals surface area contributed by atoms with E-state index in [1.165, 1.54) is 19.2 Å². The summed E-state index contributed by atoms with van der Waals surface area (Å²) in [6.07, 6.45) is 7.59. The second kappa shape index (κ2) is 4.52. The highest BCUT2D eigenvalue weighted by molar-refractivity contribution is 7.89. The predicted molar refractivity (Wildman–Crippen MR) is 78.4 cm³/mol. The Morgan fingerprint density at radius 1 is 1.38 bits per heavy atom. The minimum Gasteiger partial charge on any atom is -0.297 e. The molecule has 3 aliphatic rings. The van der Waals surface area contributed by atoms with Crippen LogP contribution < -0.4 is 0 Å². The summed E-state index contributed by atoms with van der Waals surface area (Å²) in [6.45, 7) is 3.22. The molecule has 7 heteroatoms. The van der Waals surface area contributed by atoms with Gasteiger partial charge in [-0.05, 0) is 32.2 Å². The fourth-order valence-electron chi connectivity index (χ4n) is 4.44. The molecule has 116 valence electrons. The van der Waals surface area contributed by atoms with Gasteiger partial charge in [-0.15, -0.1) is 9.19 Å².